The molecular formula is C23H28ClF3N3O3+. The summed E-state index contributed by atoms with van der Waals surface area (Å²) in [6.07, 6.45) is -0.415. The first-order chi connectivity index (χ1) is 15.3. The lowest BCUT2D eigenvalue weighted by Crippen LogP contribution is -2.67. The summed E-state index contributed by atoms with van der Waals surface area (Å²) in [4.78, 5) is 29.4. The van der Waals surface area contributed by atoms with Gasteiger partial charge in [-0.25, -0.2) is 9.28 Å². The van der Waals surface area contributed by atoms with Crippen LogP contribution in [0.4, 0.5) is 24.5 Å². The molecule has 2 aliphatic rings. The number of nitrogens with zero attached hydrogens (tertiary/aromatic N) is 3. The molecule has 1 aromatic rings. The molecule has 180 valence electrons. The van der Waals surface area contributed by atoms with E-state index in [9.17, 15) is 22.8 Å². The number of ether oxygens (including phenoxy) is 1. The van der Waals surface area contributed by atoms with Crippen LogP contribution in [0.1, 0.15) is 26.7 Å². The number of benzene rings is 1. The van der Waals surface area contributed by atoms with E-state index < -0.39 is 18.2 Å². The lowest BCUT2D eigenvalue weighted by Gasteiger charge is -2.46. The van der Waals surface area contributed by atoms with Crippen molar-refractivity contribution in [2.75, 3.05) is 38.6 Å². The molecule has 1 fully saturated rings. The molecule has 0 unspecified atom stereocenters. The summed E-state index contributed by atoms with van der Waals surface area (Å²) in [6.45, 7) is 5.07. The first-order valence-corrected chi connectivity index (χ1v) is 11.0. The number of halogens is 4. The fraction of sp³-hybridized carbons (Fsp3) is 0.478. The Morgan fingerprint density at radius 2 is 1.85 bits per heavy atom. The number of anilines is 1. The summed E-state index contributed by atoms with van der Waals surface area (Å²) in [5.74, 6) is -1.25. The average Bonchev–Trinajstić information content (AvgIpc) is 2.74. The van der Waals surface area contributed by atoms with Crippen LogP contribution < -0.4 is 9.38 Å². The maximum absolute atomic E-state index is 13.2. The molecule has 0 saturated carbocycles. The van der Waals surface area contributed by atoms with Gasteiger partial charge < -0.3 is 4.74 Å². The van der Waals surface area contributed by atoms with E-state index in [-0.39, 0.29) is 16.3 Å². The van der Waals surface area contributed by atoms with Gasteiger partial charge in [-0.1, -0.05) is 23.3 Å². The zero-order valence-corrected chi connectivity index (χ0v) is 19.8. The van der Waals surface area contributed by atoms with E-state index in [0.717, 1.165) is 11.3 Å². The Labute approximate surface area is 196 Å². The number of fused-ring (bicyclic) bond motifs is 1. The zero-order valence-electron chi connectivity index (χ0n) is 19.1. The smallest absolute Gasteiger partial charge is 0.411 e. The third kappa shape index (κ3) is 5.42. The second kappa shape index (κ2) is 9.48. The van der Waals surface area contributed by atoms with Gasteiger partial charge >= 0.3 is 18.2 Å². The van der Waals surface area contributed by atoms with Crippen molar-refractivity contribution in [2.45, 2.75) is 39.1 Å². The van der Waals surface area contributed by atoms with Crippen molar-refractivity contribution in [1.29, 1.82) is 0 Å². The number of amides is 2. The van der Waals surface area contributed by atoms with Crippen LogP contribution in [0.2, 0.25) is 5.02 Å². The number of allylic oxidation sites excluding steroid dienone is 3. The van der Waals surface area contributed by atoms with E-state index in [1.54, 1.807) is 38.4 Å². The highest BCUT2D eigenvalue weighted by Gasteiger charge is 2.53. The van der Waals surface area contributed by atoms with Crippen LogP contribution >= 0.6 is 11.6 Å². The summed E-state index contributed by atoms with van der Waals surface area (Å²) in [5, 5.41) is 0.504. The lowest BCUT2D eigenvalue weighted by molar-refractivity contribution is -0.305. The molecule has 6 nitrogen and oxygen atoms in total. The van der Waals surface area contributed by atoms with Gasteiger partial charge in [-0.05, 0) is 32.1 Å². The van der Waals surface area contributed by atoms with Crippen LogP contribution in [-0.4, -0.2) is 62.8 Å². The number of hydrogen-bond donors (Lipinski definition) is 0. The topological polar surface area (TPSA) is 49.9 Å². The van der Waals surface area contributed by atoms with E-state index in [0.29, 0.717) is 43.2 Å². The van der Waals surface area contributed by atoms with Crippen LogP contribution in [0.15, 0.2) is 41.7 Å². The molecule has 0 aromatic heterocycles. The van der Waals surface area contributed by atoms with Crippen LogP contribution in [-0.2, 0) is 14.3 Å². The van der Waals surface area contributed by atoms with Crippen molar-refractivity contribution in [3.8, 4) is 0 Å². The molecule has 0 N–H and O–H groups in total. The molecule has 2 heterocycles. The Morgan fingerprint density at radius 3 is 2.45 bits per heavy atom. The fourth-order valence-electron chi connectivity index (χ4n) is 4.55. The van der Waals surface area contributed by atoms with Crippen molar-refractivity contribution in [3.05, 3.63) is 46.7 Å². The highest BCUT2D eigenvalue weighted by molar-refractivity contribution is 6.45. The molecule has 0 bridgehead atoms. The average molecular weight is 487 g/mol. The van der Waals surface area contributed by atoms with Crippen LogP contribution in [0.5, 0.6) is 0 Å². The normalized spacial score (nSPS) is 23.7. The van der Waals surface area contributed by atoms with Gasteiger partial charge in [0.1, 0.15) is 17.5 Å². The van der Waals surface area contributed by atoms with Crippen LogP contribution in [0.3, 0.4) is 0 Å². The molecule has 10 heteroatoms. The second-order valence-electron chi connectivity index (χ2n) is 8.72. The molecule has 1 aromatic carbocycles. The van der Waals surface area contributed by atoms with Crippen molar-refractivity contribution in [3.63, 3.8) is 0 Å². The molecule has 0 aliphatic carbocycles. The van der Waals surface area contributed by atoms with Gasteiger partial charge in [0.05, 0.1) is 7.05 Å². The maximum Gasteiger partial charge on any atom is 0.572 e. The fourth-order valence-corrected chi connectivity index (χ4v) is 4.72. The molecule has 0 spiro atoms. The maximum atomic E-state index is 13.2. The minimum absolute atomic E-state index is 0.0878. The minimum Gasteiger partial charge on any atom is -0.411 e. The number of alkyl halides is 3. The minimum atomic E-state index is -4.70. The number of likely N-dealkylation sites (N-methyl/N-ethyl adjacent to an activating group) is 2. The van der Waals surface area contributed by atoms with Crippen molar-refractivity contribution in [2.24, 2.45) is 0 Å². The highest BCUT2D eigenvalue weighted by Crippen LogP contribution is 2.42. The summed E-state index contributed by atoms with van der Waals surface area (Å²) < 4.78 is 40.5. The summed E-state index contributed by atoms with van der Waals surface area (Å²) >= 11 is 6.23. The van der Waals surface area contributed by atoms with E-state index in [1.807, 2.05) is 6.92 Å². The monoisotopic (exact) mass is 486 g/mol. The van der Waals surface area contributed by atoms with E-state index in [1.165, 1.54) is 17.9 Å². The predicted molar refractivity (Wildman–Crippen MR) is 122 cm³/mol. The predicted octanol–water partition coefficient (Wildman–Crippen LogP) is 4.63. The van der Waals surface area contributed by atoms with Gasteiger partial charge in [-0.15, -0.1) is 13.2 Å². The molecule has 0 radical (unpaired) electrons. The molecule has 33 heavy (non-hydrogen) atoms. The van der Waals surface area contributed by atoms with Gasteiger partial charge in [-0.3, -0.25) is 14.6 Å². The Morgan fingerprint density at radius 1 is 1.21 bits per heavy atom. The molecule has 1 saturated heterocycles. The summed E-state index contributed by atoms with van der Waals surface area (Å²) in [6, 6.07) is 5.14. The molecule has 2 aliphatic heterocycles. The first-order valence-electron chi connectivity index (χ1n) is 10.6. The Bertz CT molecular complexity index is 1000. The number of carbonyl (C=O) groups is 2. The van der Waals surface area contributed by atoms with E-state index in [4.69, 9.17) is 11.6 Å². The van der Waals surface area contributed by atoms with Gasteiger partial charge in [0.15, 0.2) is 5.69 Å². The zero-order chi connectivity index (χ0) is 24.6. The van der Waals surface area contributed by atoms with Gasteiger partial charge in [0.2, 0.25) is 0 Å². The lowest BCUT2D eigenvalue weighted by atomic mass is 9.96. The Balaban J connectivity index is 1.71. The largest absolute Gasteiger partial charge is 0.572 e. The number of quaternary nitrogens is 1. The Kier molecular flexibility index (Phi) is 7.26. The van der Waals surface area contributed by atoms with Gasteiger partial charge in [0.25, 0.3) is 0 Å². The van der Waals surface area contributed by atoms with Crippen LogP contribution in [0, 0.1) is 0 Å². The highest BCUT2D eigenvalue weighted by atomic mass is 35.5. The number of likely N-dealkylation sites (tertiary alicyclic amines) is 1. The Hall–Kier alpha value is -2.36. The molecule has 2 amide bonds. The number of piperidine rings is 1. The number of rotatable bonds is 5. The molecule has 3 rings (SSSR count). The third-order valence-electron chi connectivity index (χ3n) is 6.35. The quantitative estimate of drug-likeness (QED) is 0.263. The standard InChI is InChI=1S/C23H28ClF3N3O3/c1-15(5-6-16(2)33-23(25,26)27)14-29-11-9-18(10-12-29)30(4)20-13-17(24)7-8-19(20)28(3)21(31)22(30)32/h5-8,13,18H,9-12,14H2,1-4H3/q+1/b15-5+,16-6+/t30-/m0/s1. The van der Waals surface area contributed by atoms with Gasteiger partial charge in [0, 0.05) is 50.6 Å². The number of hydrogen-bond acceptors (Lipinski definition) is 4. The molecular weight excluding hydrogens is 459 g/mol. The van der Waals surface area contributed by atoms with Gasteiger partial charge in [-0.2, -0.15) is 0 Å². The summed E-state index contributed by atoms with van der Waals surface area (Å²) in [5.41, 5.74) is 2.28. The van der Waals surface area contributed by atoms with E-state index in [2.05, 4.69) is 9.64 Å². The third-order valence-corrected chi connectivity index (χ3v) is 6.58. The summed E-state index contributed by atoms with van der Waals surface area (Å²) in [7, 11) is 3.37. The van der Waals surface area contributed by atoms with E-state index >= 15 is 0 Å². The molecule has 1 atom stereocenters. The van der Waals surface area contributed by atoms with Crippen molar-refractivity contribution >= 4 is 34.8 Å². The van der Waals surface area contributed by atoms with Crippen molar-refractivity contribution < 1.29 is 27.5 Å². The van der Waals surface area contributed by atoms with Crippen molar-refractivity contribution in [1.82, 2.24) is 9.38 Å². The van der Waals surface area contributed by atoms with Crippen LogP contribution in [0.25, 0.3) is 0 Å². The SMILES string of the molecule is C/C(=C\C=C(/C)OC(F)(F)F)CN1CCC([N@+]2(C)C(=O)C(=O)N(C)c3ccc(Cl)cc32)CC1. The number of carbonyl (C=O) groups excluding carboxylic acids is 2. The first kappa shape index (κ1) is 25.3. The second-order valence-corrected chi connectivity index (χ2v) is 9.16.